The first-order chi connectivity index (χ1) is 5.83. The van der Waals surface area contributed by atoms with E-state index in [-0.39, 0.29) is 0 Å². The molecule has 0 aliphatic rings. The van der Waals surface area contributed by atoms with Crippen molar-refractivity contribution in [1.29, 1.82) is 0 Å². The van der Waals surface area contributed by atoms with Gasteiger partial charge in [0, 0.05) is 30.2 Å². The number of rotatable bonds is 4. The molecule has 12 heavy (non-hydrogen) atoms. The average molecular weight is 230 g/mol. The molecule has 1 aromatic rings. The van der Waals surface area contributed by atoms with E-state index in [1.807, 2.05) is 24.4 Å². The molecule has 0 amide bonds. The Morgan fingerprint density at radius 2 is 2.42 bits per heavy atom. The van der Waals surface area contributed by atoms with Gasteiger partial charge in [0.05, 0.1) is 6.61 Å². The van der Waals surface area contributed by atoms with Crippen molar-refractivity contribution in [3.8, 4) is 0 Å². The monoisotopic (exact) mass is 229 g/mol. The van der Waals surface area contributed by atoms with Crippen LogP contribution in [0.4, 0.5) is 0 Å². The standard InChI is InChI=1S/C9H12BrNO/c1-12-7-8(10)6-9-4-2-3-5-11-9/h2-5,8H,6-7H2,1H3. The molecule has 1 heterocycles. The molecule has 1 aromatic heterocycles. The van der Waals surface area contributed by atoms with E-state index >= 15 is 0 Å². The van der Waals surface area contributed by atoms with Crippen LogP contribution in [-0.2, 0) is 11.2 Å². The smallest absolute Gasteiger partial charge is 0.0591 e. The minimum atomic E-state index is 0.359. The van der Waals surface area contributed by atoms with Gasteiger partial charge in [-0.05, 0) is 12.1 Å². The molecular weight excluding hydrogens is 218 g/mol. The number of pyridine rings is 1. The third-order valence-corrected chi connectivity index (χ3v) is 2.09. The van der Waals surface area contributed by atoms with E-state index in [2.05, 4.69) is 20.9 Å². The number of halogens is 1. The van der Waals surface area contributed by atoms with Crippen molar-refractivity contribution in [1.82, 2.24) is 4.98 Å². The maximum Gasteiger partial charge on any atom is 0.0591 e. The van der Waals surface area contributed by atoms with Crippen molar-refractivity contribution < 1.29 is 4.74 Å². The molecule has 0 spiro atoms. The summed E-state index contributed by atoms with van der Waals surface area (Å²) < 4.78 is 5.00. The van der Waals surface area contributed by atoms with Gasteiger partial charge in [0.2, 0.25) is 0 Å². The topological polar surface area (TPSA) is 22.1 Å². The van der Waals surface area contributed by atoms with Gasteiger partial charge in [-0.1, -0.05) is 22.0 Å². The maximum atomic E-state index is 5.00. The third-order valence-electron chi connectivity index (χ3n) is 1.50. The number of methoxy groups -OCH3 is 1. The van der Waals surface area contributed by atoms with Crippen LogP contribution >= 0.6 is 15.9 Å². The molecule has 0 N–H and O–H groups in total. The zero-order valence-electron chi connectivity index (χ0n) is 7.03. The van der Waals surface area contributed by atoms with Crippen LogP contribution in [0, 0.1) is 0 Å². The summed E-state index contributed by atoms with van der Waals surface area (Å²) in [6.07, 6.45) is 2.72. The summed E-state index contributed by atoms with van der Waals surface area (Å²) in [4.78, 5) is 4.57. The van der Waals surface area contributed by atoms with Gasteiger partial charge in [-0.3, -0.25) is 4.98 Å². The fraction of sp³-hybridized carbons (Fsp3) is 0.444. The largest absolute Gasteiger partial charge is 0.384 e. The predicted octanol–water partition coefficient (Wildman–Crippen LogP) is 2.03. The lowest BCUT2D eigenvalue weighted by Crippen LogP contribution is -2.10. The van der Waals surface area contributed by atoms with E-state index in [1.165, 1.54) is 0 Å². The quantitative estimate of drug-likeness (QED) is 0.738. The number of nitrogens with zero attached hydrogens (tertiary/aromatic N) is 1. The molecule has 1 unspecified atom stereocenters. The Hall–Kier alpha value is -0.410. The number of hydrogen-bond donors (Lipinski definition) is 0. The van der Waals surface area contributed by atoms with Crippen LogP contribution in [0.15, 0.2) is 24.4 Å². The summed E-state index contributed by atoms with van der Waals surface area (Å²) in [6, 6.07) is 5.93. The van der Waals surface area contributed by atoms with Crippen LogP contribution in [0.25, 0.3) is 0 Å². The molecule has 0 bridgehead atoms. The van der Waals surface area contributed by atoms with Gasteiger partial charge in [0.1, 0.15) is 0 Å². The van der Waals surface area contributed by atoms with Gasteiger partial charge in [0.15, 0.2) is 0 Å². The molecule has 1 rings (SSSR count). The van der Waals surface area contributed by atoms with Crippen molar-refractivity contribution in [3.63, 3.8) is 0 Å². The Morgan fingerprint density at radius 3 is 3.00 bits per heavy atom. The van der Waals surface area contributed by atoms with Crippen molar-refractivity contribution in [2.45, 2.75) is 11.2 Å². The lowest BCUT2D eigenvalue weighted by Gasteiger charge is -2.06. The van der Waals surface area contributed by atoms with Gasteiger partial charge in [-0.2, -0.15) is 0 Å². The molecule has 66 valence electrons. The van der Waals surface area contributed by atoms with E-state index < -0.39 is 0 Å². The molecule has 0 saturated heterocycles. The Labute approximate surface area is 81.1 Å². The van der Waals surface area contributed by atoms with Gasteiger partial charge < -0.3 is 4.74 Å². The summed E-state index contributed by atoms with van der Waals surface area (Å²) in [6.45, 7) is 0.719. The second kappa shape index (κ2) is 5.27. The summed E-state index contributed by atoms with van der Waals surface area (Å²) in [7, 11) is 1.70. The van der Waals surface area contributed by atoms with Gasteiger partial charge >= 0.3 is 0 Å². The first kappa shape index (κ1) is 9.68. The number of alkyl halides is 1. The molecular formula is C9H12BrNO. The van der Waals surface area contributed by atoms with E-state index in [0.717, 1.165) is 18.7 Å². The highest BCUT2D eigenvalue weighted by molar-refractivity contribution is 9.09. The zero-order chi connectivity index (χ0) is 8.81. The highest BCUT2D eigenvalue weighted by atomic mass is 79.9. The van der Waals surface area contributed by atoms with Crippen molar-refractivity contribution in [2.75, 3.05) is 13.7 Å². The van der Waals surface area contributed by atoms with Gasteiger partial charge in [-0.15, -0.1) is 0 Å². The molecule has 0 aliphatic heterocycles. The van der Waals surface area contributed by atoms with Crippen LogP contribution in [0.2, 0.25) is 0 Å². The summed E-state index contributed by atoms with van der Waals surface area (Å²) in [5.74, 6) is 0. The molecule has 0 aromatic carbocycles. The summed E-state index contributed by atoms with van der Waals surface area (Å²) in [5, 5.41) is 0. The minimum Gasteiger partial charge on any atom is -0.384 e. The molecule has 3 heteroatoms. The van der Waals surface area contributed by atoms with Crippen LogP contribution in [0.3, 0.4) is 0 Å². The number of aromatic nitrogens is 1. The average Bonchev–Trinajstić information content (AvgIpc) is 2.06. The van der Waals surface area contributed by atoms with Gasteiger partial charge in [-0.25, -0.2) is 0 Å². The third kappa shape index (κ3) is 3.32. The minimum absolute atomic E-state index is 0.359. The highest BCUT2D eigenvalue weighted by Crippen LogP contribution is 2.07. The molecule has 1 atom stereocenters. The SMILES string of the molecule is COCC(Br)Cc1ccccn1. The van der Waals surface area contributed by atoms with E-state index in [9.17, 15) is 0 Å². The Balaban J connectivity index is 2.41. The van der Waals surface area contributed by atoms with E-state index in [4.69, 9.17) is 4.74 Å². The number of ether oxygens (including phenoxy) is 1. The fourth-order valence-electron chi connectivity index (χ4n) is 0.986. The normalized spacial score (nSPS) is 12.8. The van der Waals surface area contributed by atoms with E-state index in [1.54, 1.807) is 7.11 Å². The van der Waals surface area contributed by atoms with Crippen LogP contribution in [0.1, 0.15) is 5.69 Å². The van der Waals surface area contributed by atoms with Crippen LogP contribution in [0.5, 0.6) is 0 Å². The van der Waals surface area contributed by atoms with Crippen molar-refractivity contribution in [2.24, 2.45) is 0 Å². The molecule has 2 nitrogen and oxygen atoms in total. The van der Waals surface area contributed by atoms with Crippen LogP contribution < -0.4 is 0 Å². The second-order valence-electron chi connectivity index (χ2n) is 2.58. The Bertz CT molecular complexity index is 215. The number of hydrogen-bond acceptors (Lipinski definition) is 2. The molecule has 0 aliphatic carbocycles. The van der Waals surface area contributed by atoms with Crippen LogP contribution in [-0.4, -0.2) is 23.5 Å². The Morgan fingerprint density at radius 1 is 1.58 bits per heavy atom. The molecule has 0 fully saturated rings. The zero-order valence-corrected chi connectivity index (χ0v) is 8.62. The lowest BCUT2D eigenvalue weighted by atomic mass is 10.2. The van der Waals surface area contributed by atoms with Gasteiger partial charge in [0.25, 0.3) is 0 Å². The van der Waals surface area contributed by atoms with Crippen molar-refractivity contribution >= 4 is 15.9 Å². The van der Waals surface area contributed by atoms with Crippen molar-refractivity contribution in [3.05, 3.63) is 30.1 Å². The first-order valence-corrected chi connectivity index (χ1v) is 4.77. The highest BCUT2D eigenvalue weighted by Gasteiger charge is 2.04. The maximum absolute atomic E-state index is 5.00. The lowest BCUT2D eigenvalue weighted by molar-refractivity contribution is 0.200. The van der Waals surface area contributed by atoms with E-state index in [0.29, 0.717) is 4.83 Å². The predicted molar refractivity (Wildman–Crippen MR) is 52.5 cm³/mol. The second-order valence-corrected chi connectivity index (χ2v) is 3.87. The molecule has 0 saturated carbocycles. The fourth-order valence-corrected chi connectivity index (χ4v) is 1.58. The first-order valence-electron chi connectivity index (χ1n) is 3.86. The molecule has 0 radical (unpaired) electrons. The Kier molecular flexibility index (Phi) is 4.25. The summed E-state index contributed by atoms with van der Waals surface area (Å²) in [5.41, 5.74) is 1.09. The summed E-state index contributed by atoms with van der Waals surface area (Å²) >= 11 is 3.51.